The lowest BCUT2D eigenvalue weighted by Crippen LogP contribution is -2.01. The summed E-state index contributed by atoms with van der Waals surface area (Å²) in [6.45, 7) is 2.08. The van der Waals surface area contributed by atoms with Crippen molar-refractivity contribution in [1.29, 1.82) is 0 Å². The van der Waals surface area contributed by atoms with Crippen LogP contribution in [0.4, 0.5) is 0 Å². The molecule has 0 aliphatic carbocycles. The first-order valence-electron chi connectivity index (χ1n) is 10.4. The number of hydrogen-bond donors (Lipinski definition) is 2. The summed E-state index contributed by atoms with van der Waals surface area (Å²) in [5, 5.41) is 14.7. The molecule has 1 atom stereocenters. The minimum absolute atomic E-state index is 0.00875. The Morgan fingerprint density at radius 2 is 1.66 bits per heavy atom. The van der Waals surface area contributed by atoms with Crippen molar-refractivity contribution in [2.75, 3.05) is 0 Å². The lowest BCUT2D eigenvalue weighted by molar-refractivity contribution is 0.433. The average molecular weight is 439 g/mol. The first kappa shape index (κ1) is 20.3. The molecule has 0 aliphatic rings. The minimum atomic E-state index is -0.314. The van der Waals surface area contributed by atoms with Gasteiger partial charge in [0, 0.05) is 12.5 Å². The Morgan fingerprint density at radius 1 is 0.875 bits per heavy atom. The van der Waals surface area contributed by atoms with E-state index in [1.165, 1.54) is 10.1 Å². The van der Waals surface area contributed by atoms with E-state index >= 15 is 0 Å². The third-order valence-corrected chi connectivity index (χ3v) is 5.99. The average Bonchev–Trinajstić information content (AvgIpc) is 3.23. The van der Waals surface area contributed by atoms with E-state index < -0.39 is 0 Å². The number of thiol groups is 1. The number of nitrogens with zero attached hydrogens (tertiary/aromatic N) is 4. The molecule has 1 N–H and O–H groups in total. The Labute approximate surface area is 191 Å². The maximum absolute atomic E-state index is 10.6. The Kier molecular flexibility index (Phi) is 5.37. The number of benzene rings is 3. The van der Waals surface area contributed by atoms with Gasteiger partial charge >= 0.3 is 0 Å². The lowest BCUT2D eigenvalue weighted by Gasteiger charge is -2.13. The van der Waals surface area contributed by atoms with Crippen LogP contribution in [0.15, 0.2) is 84.9 Å². The van der Waals surface area contributed by atoms with Gasteiger partial charge in [-0.2, -0.15) is 22.1 Å². The van der Waals surface area contributed by atoms with Crippen molar-refractivity contribution in [3.63, 3.8) is 0 Å². The first-order valence-corrected chi connectivity index (χ1v) is 10.9. The number of rotatable bonds is 5. The zero-order chi connectivity index (χ0) is 22.1. The van der Waals surface area contributed by atoms with Crippen LogP contribution in [0.1, 0.15) is 33.5 Å². The fourth-order valence-electron chi connectivity index (χ4n) is 3.71. The number of aromatic hydroxyl groups is 1. The molecule has 0 fully saturated rings. The van der Waals surface area contributed by atoms with Crippen molar-refractivity contribution in [3.8, 4) is 17.0 Å². The van der Waals surface area contributed by atoms with Crippen LogP contribution in [0.3, 0.4) is 0 Å². The zero-order valence-electron chi connectivity index (χ0n) is 17.6. The van der Waals surface area contributed by atoms with Gasteiger partial charge in [0.1, 0.15) is 0 Å². The van der Waals surface area contributed by atoms with Gasteiger partial charge in [-0.3, -0.25) is 0 Å². The third kappa shape index (κ3) is 4.09. The van der Waals surface area contributed by atoms with Gasteiger partial charge in [0.15, 0.2) is 5.82 Å². The molecular formula is C26H22N4OS. The number of hydrogen-bond acceptors (Lipinski definition) is 5. The van der Waals surface area contributed by atoms with Crippen molar-refractivity contribution in [1.82, 2.24) is 19.6 Å². The van der Waals surface area contributed by atoms with E-state index in [-0.39, 0.29) is 11.1 Å². The molecule has 2 aromatic heterocycles. The molecule has 5 aromatic rings. The van der Waals surface area contributed by atoms with Crippen LogP contribution in [0.2, 0.25) is 0 Å². The van der Waals surface area contributed by atoms with Crippen molar-refractivity contribution in [3.05, 3.63) is 113 Å². The van der Waals surface area contributed by atoms with E-state index in [1.807, 2.05) is 42.5 Å². The fourth-order valence-corrected chi connectivity index (χ4v) is 4.00. The van der Waals surface area contributed by atoms with E-state index in [2.05, 4.69) is 58.4 Å². The maximum Gasteiger partial charge on any atom is 0.255 e. The minimum Gasteiger partial charge on any atom is -0.493 e. The molecule has 5 rings (SSSR count). The molecule has 0 spiro atoms. The highest BCUT2D eigenvalue weighted by atomic mass is 32.1. The summed E-state index contributed by atoms with van der Waals surface area (Å²) in [4.78, 5) is 9.17. The summed E-state index contributed by atoms with van der Waals surface area (Å²) in [5.41, 5.74) is 6.20. The molecule has 3 aromatic carbocycles. The molecule has 32 heavy (non-hydrogen) atoms. The lowest BCUT2D eigenvalue weighted by atomic mass is 10.00. The zero-order valence-corrected chi connectivity index (χ0v) is 18.4. The number of aromatic nitrogens is 4. The van der Waals surface area contributed by atoms with E-state index in [4.69, 9.17) is 12.6 Å². The SMILES string of the molecule is Cc1ccc(-c2cccc(C(S)c3cc(O)n4nc(Cc5ccccc5)nc4n3)c2)cc1. The van der Waals surface area contributed by atoms with E-state index in [1.54, 1.807) is 6.07 Å². The second-order valence-electron chi connectivity index (χ2n) is 7.84. The van der Waals surface area contributed by atoms with Crippen LogP contribution < -0.4 is 0 Å². The van der Waals surface area contributed by atoms with Gasteiger partial charge in [0.05, 0.1) is 10.9 Å². The van der Waals surface area contributed by atoms with E-state index in [0.717, 1.165) is 22.3 Å². The van der Waals surface area contributed by atoms with Crippen molar-refractivity contribution in [2.45, 2.75) is 18.6 Å². The highest BCUT2D eigenvalue weighted by Crippen LogP contribution is 2.32. The van der Waals surface area contributed by atoms with Crippen LogP contribution >= 0.6 is 12.6 Å². The van der Waals surface area contributed by atoms with Gasteiger partial charge in [0.25, 0.3) is 5.78 Å². The van der Waals surface area contributed by atoms with Gasteiger partial charge in [-0.1, -0.05) is 78.4 Å². The van der Waals surface area contributed by atoms with Crippen molar-refractivity contribution in [2.24, 2.45) is 0 Å². The molecule has 5 nitrogen and oxygen atoms in total. The predicted octanol–water partition coefficient (Wildman–Crippen LogP) is 5.42. The van der Waals surface area contributed by atoms with Crippen LogP contribution in [0.25, 0.3) is 16.9 Å². The normalized spacial score (nSPS) is 12.2. The summed E-state index contributed by atoms with van der Waals surface area (Å²) in [6.07, 6.45) is 0.571. The molecule has 1 unspecified atom stereocenters. The Balaban J connectivity index is 1.46. The van der Waals surface area contributed by atoms with E-state index in [0.29, 0.717) is 23.7 Å². The van der Waals surface area contributed by atoms with Crippen molar-refractivity contribution < 1.29 is 5.11 Å². The van der Waals surface area contributed by atoms with Crippen LogP contribution in [-0.2, 0) is 6.42 Å². The second-order valence-corrected chi connectivity index (χ2v) is 8.35. The summed E-state index contributed by atoms with van der Waals surface area (Å²) in [7, 11) is 0. The summed E-state index contributed by atoms with van der Waals surface area (Å²) in [5.74, 6) is 0.957. The summed E-state index contributed by atoms with van der Waals surface area (Å²) >= 11 is 4.81. The Hall–Kier alpha value is -3.64. The molecule has 2 heterocycles. The third-order valence-electron chi connectivity index (χ3n) is 5.43. The van der Waals surface area contributed by atoms with Crippen LogP contribution in [0.5, 0.6) is 5.88 Å². The quantitative estimate of drug-likeness (QED) is 0.360. The van der Waals surface area contributed by atoms with Gasteiger partial charge < -0.3 is 5.11 Å². The molecule has 0 saturated heterocycles. The topological polar surface area (TPSA) is 63.3 Å². The number of aryl methyl sites for hydroxylation is 1. The number of fused-ring (bicyclic) bond motifs is 1. The van der Waals surface area contributed by atoms with Gasteiger partial charge in [-0.05, 0) is 35.2 Å². The molecule has 0 radical (unpaired) electrons. The molecule has 0 aliphatic heterocycles. The molecular weight excluding hydrogens is 416 g/mol. The molecule has 0 saturated carbocycles. The molecule has 6 heteroatoms. The molecule has 0 bridgehead atoms. The molecule has 158 valence electrons. The largest absolute Gasteiger partial charge is 0.493 e. The Bertz CT molecular complexity index is 1380. The standard InChI is InChI=1S/C26H22N4OS/c1-17-10-12-19(13-11-17)20-8-5-9-21(15-20)25(32)22-16-24(31)30-26(27-22)28-23(29-30)14-18-6-3-2-4-7-18/h2-13,15-16,25,31-32H,14H2,1H3. The highest BCUT2D eigenvalue weighted by Gasteiger charge is 2.17. The summed E-state index contributed by atoms with van der Waals surface area (Å²) < 4.78 is 1.37. The maximum atomic E-state index is 10.6. The molecule has 0 amide bonds. The van der Waals surface area contributed by atoms with Gasteiger partial charge in [-0.15, -0.1) is 5.10 Å². The van der Waals surface area contributed by atoms with Gasteiger partial charge in [0.2, 0.25) is 5.88 Å². The second kappa shape index (κ2) is 8.48. The van der Waals surface area contributed by atoms with E-state index in [9.17, 15) is 5.11 Å². The highest BCUT2D eigenvalue weighted by molar-refractivity contribution is 7.80. The Morgan fingerprint density at radius 3 is 2.44 bits per heavy atom. The smallest absolute Gasteiger partial charge is 0.255 e. The summed E-state index contributed by atoms with van der Waals surface area (Å²) in [6, 6.07) is 28.2. The van der Waals surface area contributed by atoms with Crippen LogP contribution in [-0.4, -0.2) is 24.7 Å². The van der Waals surface area contributed by atoms with Crippen molar-refractivity contribution >= 4 is 18.4 Å². The monoisotopic (exact) mass is 438 g/mol. The van der Waals surface area contributed by atoms with Gasteiger partial charge in [-0.25, -0.2) is 4.98 Å². The van der Waals surface area contributed by atoms with Crippen LogP contribution in [0, 0.1) is 6.92 Å². The first-order chi connectivity index (χ1) is 15.6. The predicted molar refractivity (Wildman–Crippen MR) is 129 cm³/mol. The fraction of sp³-hybridized carbons (Fsp3) is 0.115.